The minimum absolute atomic E-state index is 0.0529. The minimum Gasteiger partial charge on any atom is -0.296 e. The summed E-state index contributed by atoms with van der Waals surface area (Å²) in [7, 11) is 0. The third-order valence-corrected chi connectivity index (χ3v) is 3.23. The monoisotopic (exact) mass is 288 g/mol. The Morgan fingerprint density at radius 1 is 1.33 bits per heavy atom. The molecule has 0 aliphatic carbocycles. The molecule has 1 heterocycles. The lowest BCUT2D eigenvalue weighted by Gasteiger charge is -2.06. The predicted molar refractivity (Wildman–Crippen MR) is 76.2 cm³/mol. The van der Waals surface area contributed by atoms with E-state index < -0.39 is 4.92 Å². The van der Waals surface area contributed by atoms with Crippen LogP contribution < -0.4 is 0 Å². The van der Waals surface area contributed by atoms with Crippen molar-refractivity contribution < 1.29 is 9.72 Å². The van der Waals surface area contributed by atoms with Crippen LogP contribution in [0.5, 0.6) is 0 Å². The maximum atomic E-state index is 11.0. The number of unbranched alkanes of at least 4 members (excludes halogenated alkanes) is 1. The zero-order chi connectivity index (χ0) is 15.2. The van der Waals surface area contributed by atoms with Crippen LogP contribution in [-0.2, 0) is 13.0 Å². The minimum atomic E-state index is -0.434. The molecule has 0 atom stereocenters. The van der Waals surface area contributed by atoms with Gasteiger partial charge in [-0.15, -0.1) is 5.10 Å². The van der Waals surface area contributed by atoms with Crippen molar-refractivity contribution in [1.82, 2.24) is 15.0 Å². The van der Waals surface area contributed by atoms with Crippen LogP contribution in [0.25, 0.3) is 0 Å². The van der Waals surface area contributed by atoms with Crippen molar-refractivity contribution in [3.63, 3.8) is 0 Å². The predicted octanol–water partition coefficient (Wildman–Crippen LogP) is 2.39. The molecular weight excluding hydrogens is 272 g/mol. The van der Waals surface area contributed by atoms with Crippen LogP contribution in [0.15, 0.2) is 24.3 Å². The first-order chi connectivity index (χ1) is 10.2. The van der Waals surface area contributed by atoms with Crippen molar-refractivity contribution in [3.8, 4) is 0 Å². The van der Waals surface area contributed by atoms with Crippen LogP contribution in [0, 0.1) is 10.1 Å². The summed E-state index contributed by atoms with van der Waals surface area (Å²) in [6, 6.07) is 6.28. The largest absolute Gasteiger partial charge is 0.296 e. The summed E-state index contributed by atoms with van der Waals surface area (Å²) in [5.41, 5.74) is 2.10. The lowest BCUT2D eigenvalue weighted by atomic mass is 10.1. The van der Waals surface area contributed by atoms with Gasteiger partial charge in [0.05, 0.1) is 17.2 Å². The highest BCUT2D eigenvalue weighted by atomic mass is 16.6. The first kappa shape index (κ1) is 14.8. The number of hydrogen-bond donors (Lipinski definition) is 0. The molecule has 2 aromatic rings. The van der Waals surface area contributed by atoms with Crippen molar-refractivity contribution in [1.29, 1.82) is 0 Å². The summed E-state index contributed by atoms with van der Waals surface area (Å²) in [6.07, 6.45) is 3.42. The summed E-state index contributed by atoms with van der Waals surface area (Å²) in [5.74, 6) is 0. The molecule has 0 radical (unpaired) electrons. The van der Waals surface area contributed by atoms with E-state index in [1.165, 1.54) is 12.1 Å². The summed E-state index contributed by atoms with van der Waals surface area (Å²) in [6.45, 7) is 2.52. The Labute approximate surface area is 121 Å². The number of aromatic nitrogens is 3. The van der Waals surface area contributed by atoms with Crippen molar-refractivity contribution in [3.05, 3.63) is 51.3 Å². The van der Waals surface area contributed by atoms with E-state index in [9.17, 15) is 14.9 Å². The number of aldehydes is 1. The average Bonchev–Trinajstić information content (AvgIpc) is 2.87. The number of benzene rings is 1. The van der Waals surface area contributed by atoms with Crippen LogP contribution in [0.2, 0.25) is 0 Å². The molecule has 0 unspecified atom stereocenters. The van der Waals surface area contributed by atoms with Gasteiger partial charge in [-0.3, -0.25) is 14.9 Å². The second kappa shape index (κ2) is 6.74. The number of carbonyl (C=O) groups excluding carboxylic acids is 1. The molecule has 0 fully saturated rings. The molecule has 0 amide bonds. The number of nitro groups is 1. The quantitative estimate of drug-likeness (QED) is 0.443. The maximum Gasteiger partial charge on any atom is 0.269 e. The third-order valence-electron chi connectivity index (χ3n) is 3.23. The third kappa shape index (κ3) is 3.50. The van der Waals surface area contributed by atoms with E-state index in [2.05, 4.69) is 17.2 Å². The first-order valence-corrected chi connectivity index (χ1v) is 6.76. The fourth-order valence-corrected chi connectivity index (χ4v) is 2.06. The highest BCUT2D eigenvalue weighted by Crippen LogP contribution is 2.15. The van der Waals surface area contributed by atoms with Gasteiger partial charge in [-0.25, -0.2) is 4.68 Å². The Morgan fingerprint density at radius 2 is 2.05 bits per heavy atom. The van der Waals surface area contributed by atoms with Crippen LogP contribution in [0.1, 0.15) is 41.5 Å². The number of nitro benzene ring substituents is 1. The zero-order valence-electron chi connectivity index (χ0n) is 11.7. The molecule has 0 saturated carbocycles. The number of carbonyl (C=O) groups is 1. The van der Waals surface area contributed by atoms with Gasteiger partial charge in [-0.2, -0.15) is 0 Å². The van der Waals surface area contributed by atoms with Gasteiger partial charge in [0.15, 0.2) is 6.29 Å². The molecule has 0 aliphatic heterocycles. The van der Waals surface area contributed by atoms with Crippen LogP contribution in [0.4, 0.5) is 5.69 Å². The van der Waals surface area contributed by atoms with Gasteiger partial charge < -0.3 is 0 Å². The van der Waals surface area contributed by atoms with E-state index in [4.69, 9.17) is 0 Å². The lowest BCUT2D eigenvalue weighted by molar-refractivity contribution is -0.384. The maximum absolute atomic E-state index is 11.0. The molecule has 7 heteroatoms. The molecule has 0 saturated heterocycles. The molecule has 2 rings (SSSR count). The van der Waals surface area contributed by atoms with Crippen molar-refractivity contribution in [2.24, 2.45) is 0 Å². The van der Waals surface area contributed by atoms with Gasteiger partial charge in [0.25, 0.3) is 5.69 Å². The van der Waals surface area contributed by atoms with Crippen LogP contribution in [-0.4, -0.2) is 26.2 Å². The standard InChI is InChI=1S/C14H16N4O3/c1-2-3-4-14-13(10-19)15-16-17(14)9-11-5-7-12(8-6-11)18(20)21/h5-8,10H,2-4,9H2,1H3. The number of rotatable bonds is 7. The number of hydrogen-bond acceptors (Lipinski definition) is 5. The molecule has 0 N–H and O–H groups in total. The highest BCUT2D eigenvalue weighted by molar-refractivity contribution is 5.73. The van der Waals surface area contributed by atoms with Gasteiger partial charge in [0.2, 0.25) is 0 Å². The second-order valence-electron chi connectivity index (χ2n) is 4.72. The molecule has 110 valence electrons. The zero-order valence-corrected chi connectivity index (χ0v) is 11.7. The molecule has 21 heavy (non-hydrogen) atoms. The van der Waals surface area contributed by atoms with Gasteiger partial charge in [0.1, 0.15) is 5.69 Å². The molecule has 1 aromatic carbocycles. The molecule has 0 spiro atoms. The first-order valence-electron chi connectivity index (χ1n) is 6.76. The Hall–Kier alpha value is -2.57. The Bertz CT molecular complexity index is 634. The highest BCUT2D eigenvalue weighted by Gasteiger charge is 2.12. The van der Waals surface area contributed by atoms with Gasteiger partial charge in [-0.1, -0.05) is 30.7 Å². The van der Waals surface area contributed by atoms with E-state index in [0.29, 0.717) is 18.5 Å². The lowest BCUT2D eigenvalue weighted by Crippen LogP contribution is -2.07. The topological polar surface area (TPSA) is 90.9 Å². The van der Waals surface area contributed by atoms with E-state index in [1.54, 1.807) is 16.8 Å². The Kier molecular flexibility index (Phi) is 4.76. The average molecular weight is 288 g/mol. The van der Waals surface area contributed by atoms with Gasteiger partial charge in [-0.05, 0) is 18.4 Å². The molecule has 0 aliphatic rings. The Morgan fingerprint density at radius 3 is 2.62 bits per heavy atom. The van der Waals surface area contributed by atoms with Gasteiger partial charge in [0, 0.05) is 12.1 Å². The van der Waals surface area contributed by atoms with Crippen molar-refractivity contribution >= 4 is 12.0 Å². The molecular formula is C14H16N4O3. The van der Waals surface area contributed by atoms with Crippen LogP contribution in [0.3, 0.4) is 0 Å². The van der Waals surface area contributed by atoms with E-state index >= 15 is 0 Å². The summed E-state index contributed by atoms with van der Waals surface area (Å²) in [4.78, 5) is 21.2. The normalized spacial score (nSPS) is 10.5. The number of nitrogens with zero attached hydrogens (tertiary/aromatic N) is 4. The molecule has 1 aromatic heterocycles. The van der Waals surface area contributed by atoms with Crippen molar-refractivity contribution in [2.75, 3.05) is 0 Å². The number of non-ortho nitro benzene ring substituents is 1. The van der Waals surface area contributed by atoms with Crippen LogP contribution >= 0.6 is 0 Å². The fourth-order valence-electron chi connectivity index (χ4n) is 2.06. The molecule has 0 bridgehead atoms. The molecule has 7 nitrogen and oxygen atoms in total. The van der Waals surface area contributed by atoms with E-state index in [0.717, 1.165) is 30.5 Å². The smallest absolute Gasteiger partial charge is 0.269 e. The van der Waals surface area contributed by atoms with Crippen molar-refractivity contribution in [2.45, 2.75) is 32.7 Å². The van der Waals surface area contributed by atoms with E-state index in [-0.39, 0.29) is 5.69 Å². The summed E-state index contributed by atoms with van der Waals surface area (Å²) in [5, 5.41) is 18.5. The summed E-state index contributed by atoms with van der Waals surface area (Å²) < 4.78 is 1.68. The summed E-state index contributed by atoms with van der Waals surface area (Å²) >= 11 is 0. The van der Waals surface area contributed by atoms with Gasteiger partial charge >= 0.3 is 0 Å². The fraction of sp³-hybridized carbons (Fsp3) is 0.357. The SMILES string of the molecule is CCCCc1c(C=O)nnn1Cc1ccc([N+](=O)[O-])cc1. The Balaban J connectivity index is 2.20. The van der Waals surface area contributed by atoms with E-state index in [1.807, 2.05) is 0 Å². The second-order valence-corrected chi connectivity index (χ2v) is 4.72.